The minimum absolute atomic E-state index is 0.238. The van der Waals surface area contributed by atoms with Crippen molar-refractivity contribution in [3.63, 3.8) is 0 Å². The molecule has 0 amide bonds. The summed E-state index contributed by atoms with van der Waals surface area (Å²) in [6, 6.07) is 8.77. The number of esters is 2. The van der Waals surface area contributed by atoms with E-state index in [9.17, 15) is 9.59 Å². The van der Waals surface area contributed by atoms with Crippen molar-refractivity contribution in [2.45, 2.75) is 26.4 Å². The molecule has 0 heterocycles. The molecule has 1 unspecified atom stereocenters. The summed E-state index contributed by atoms with van der Waals surface area (Å²) in [7, 11) is 0. The Hall–Kier alpha value is -1.84. The lowest BCUT2D eigenvalue weighted by atomic mass is 10.2. The molecule has 0 bridgehead atoms. The van der Waals surface area contributed by atoms with Gasteiger partial charge in [0, 0.05) is 13.3 Å². The van der Waals surface area contributed by atoms with Crippen molar-refractivity contribution >= 4 is 11.9 Å². The van der Waals surface area contributed by atoms with Crippen LogP contribution >= 0.6 is 0 Å². The number of hydrogen-bond acceptors (Lipinski definition) is 4. The van der Waals surface area contributed by atoms with Gasteiger partial charge in [-0.3, -0.25) is 4.79 Å². The van der Waals surface area contributed by atoms with E-state index in [1.807, 2.05) is 6.07 Å². The van der Waals surface area contributed by atoms with Crippen LogP contribution in [0.4, 0.5) is 0 Å². The van der Waals surface area contributed by atoms with Crippen LogP contribution in [0.15, 0.2) is 30.3 Å². The summed E-state index contributed by atoms with van der Waals surface area (Å²) in [5.41, 5.74) is 0.521. The molecule has 0 spiro atoms. The maximum atomic E-state index is 11.5. The van der Waals surface area contributed by atoms with Crippen LogP contribution < -0.4 is 0 Å². The van der Waals surface area contributed by atoms with Crippen LogP contribution in [0.2, 0.25) is 0 Å². The fraction of sp³-hybridized carbons (Fsp3) is 0.385. The Bertz CT molecular complexity index is 372. The summed E-state index contributed by atoms with van der Waals surface area (Å²) < 4.78 is 9.96. The monoisotopic (exact) mass is 236 g/mol. The topological polar surface area (TPSA) is 52.6 Å². The third-order valence-electron chi connectivity index (χ3n) is 2.13. The third-order valence-corrected chi connectivity index (χ3v) is 2.13. The maximum Gasteiger partial charge on any atom is 0.338 e. The number of ether oxygens (including phenoxy) is 2. The van der Waals surface area contributed by atoms with Crippen LogP contribution in [0, 0.1) is 0 Å². The molecular weight excluding hydrogens is 220 g/mol. The molecule has 0 aliphatic rings. The van der Waals surface area contributed by atoms with Crippen LogP contribution in [0.5, 0.6) is 0 Å². The summed E-state index contributed by atoms with van der Waals surface area (Å²) in [6.07, 6.45) is 0.258. The lowest BCUT2D eigenvalue weighted by Crippen LogP contribution is -2.16. The van der Waals surface area contributed by atoms with Crippen LogP contribution in [-0.2, 0) is 14.3 Å². The van der Waals surface area contributed by atoms with Crippen molar-refractivity contribution in [3.05, 3.63) is 35.9 Å². The van der Waals surface area contributed by atoms with Crippen molar-refractivity contribution < 1.29 is 19.1 Å². The highest BCUT2D eigenvalue weighted by molar-refractivity contribution is 5.89. The largest absolute Gasteiger partial charge is 0.463 e. The minimum atomic E-state index is -0.361. The van der Waals surface area contributed by atoms with Crippen molar-refractivity contribution in [2.75, 3.05) is 6.61 Å². The Balaban J connectivity index is 2.28. The zero-order chi connectivity index (χ0) is 12.7. The van der Waals surface area contributed by atoms with Crippen LogP contribution in [-0.4, -0.2) is 24.6 Å². The summed E-state index contributed by atoms with van der Waals surface area (Å²) >= 11 is 0. The lowest BCUT2D eigenvalue weighted by molar-refractivity contribution is -0.146. The van der Waals surface area contributed by atoms with Crippen molar-refractivity contribution in [2.24, 2.45) is 0 Å². The smallest absolute Gasteiger partial charge is 0.338 e. The summed E-state index contributed by atoms with van der Waals surface area (Å²) in [6.45, 7) is 3.35. The van der Waals surface area contributed by atoms with E-state index in [0.717, 1.165) is 0 Å². The van der Waals surface area contributed by atoms with E-state index < -0.39 is 0 Å². The minimum Gasteiger partial charge on any atom is -0.463 e. The highest BCUT2D eigenvalue weighted by Crippen LogP contribution is 2.03. The average Bonchev–Trinajstić information content (AvgIpc) is 2.29. The molecule has 0 saturated heterocycles. The van der Waals surface area contributed by atoms with Crippen molar-refractivity contribution in [1.29, 1.82) is 0 Å². The predicted molar refractivity (Wildman–Crippen MR) is 62.6 cm³/mol. The van der Waals surface area contributed by atoms with Crippen molar-refractivity contribution in [1.82, 2.24) is 0 Å². The Morgan fingerprint density at radius 3 is 2.47 bits per heavy atom. The van der Waals surface area contributed by atoms with Gasteiger partial charge in [-0.2, -0.15) is 0 Å². The van der Waals surface area contributed by atoms with Gasteiger partial charge in [0.1, 0.15) is 6.10 Å². The van der Waals surface area contributed by atoms with Crippen LogP contribution in [0.3, 0.4) is 0 Å². The van der Waals surface area contributed by atoms with Gasteiger partial charge < -0.3 is 9.47 Å². The normalized spacial score (nSPS) is 11.6. The van der Waals surface area contributed by atoms with E-state index >= 15 is 0 Å². The number of hydrogen-bond donors (Lipinski definition) is 0. The second-order valence-electron chi connectivity index (χ2n) is 3.71. The van der Waals surface area contributed by atoms with Gasteiger partial charge in [-0.1, -0.05) is 18.2 Å². The average molecular weight is 236 g/mol. The molecule has 4 nitrogen and oxygen atoms in total. The first-order chi connectivity index (χ1) is 8.09. The zero-order valence-corrected chi connectivity index (χ0v) is 10.0. The van der Waals surface area contributed by atoms with E-state index in [1.165, 1.54) is 6.92 Å². The van der Waals surface area contributed by atoms with E-state index in [0.29, 0.717) is 12.0 Å². The van der Waals surface area contributed by atoms with Gasteiger partial charge in [-0.25, -0.2) is 4.79 Å². The molecule has 1 atom stereocenters. The van der Waals surface area contributed by atoms with E-state index in [4.69, 9.17) is 9.47 Å². The molecule has 92 valence electrons. The Morgan fingerprint density at radius 2 is 1.88 bits per heavy atom. The van der Waals surface area contributed by atoms with E-state index in [2.05, 4.69) is 0 Å². The fourth-order valence-electron chi connectivity index (χ4n) is 1.32. The van der Waals surface area contributed by atoms with Gasteiger partial charge >= 0.3 is 11.9 Å². The molecular formula is C13H16O4. The standard InChI is InChI=1S/C13H16O4/c1-10(17-11(2)14)8-9-16-13(15)12-6-4-3-5-7-12/h3-7,10H,8-9H2,1-2H3. The second kappa shape index (κ2) is 6.68. The van der Waals surface area contributed by atoms with Gasteiger partial charge in [0.25, 0.3) is 0 Å². The van der Waals surface area contributed by atoms with Gasteiger partial charge in [0.05, 0.1) is 12.2 Å². The highest BCUT2D eigenvalue weighted by atomic mass is 16.6. The number of carbonyl (C=O) groups excluding carboxylic acids is 2. The first-order valence-corrected chi connectivity index (χ1v) is 5.49. The number of rotatable bonds is 5. The number of benzene rings is 1. The molecule has 0 aliphatic heterocycles. The molecule has 17 heavy (non-hydrogen) atoms. The lowest BCUT2D eigenvalue weighted by Gasteiger charge is -2.11. The first-order valence-electron chi connectivity index (χ1n) is 5.49. The molecule has 0 N–H and O–H groups in total. The van der Waals surface area contributed by atoms with Crippen molar-refractivity contribution in [3.8, 4) is 0 Å². The summed E-state index contributed by atoms with van der Waals surface area (Å²) in [5, 5.41) is 0. The summed E-state index contributed by atoms with van der Waals surface area (Å²) in [5.74, 6) is -0.687. The quantitative estimate of drug-likeness (QED) is 0.735. The molecule has 1 aromatic carbocycles. The Labute approximate surface area is 101 Å². The predicted octanol–water partition coefficient (Wildman–Crippen LogP) is 2.19. The molecule has 0 saturated carbocycles. The molecule has 4 heteroatoms. The second-order valence-corrected chi connectivity index (χ2v) is 3.71. The molecule has 1 rings (SSSR count). The van der Waals surface area contributed by atoms with Crippen LogP contribution in [0.1, 0.15) is 30.6 Å². The van der Waals surface area contributed by atoms with Crippen LogP contribution in [0.25, 0.3) is 0 Å². The maximum absolute atomic E-state index is 11.5. The zero-order valence-electron chi connectivity index (χ0n) is 10.0. The third kappa shape index (κ3) is 5.15. The first kappa shape index (κ1) is 13.2. The Kier molecular flexibility index (Phi) is 5.20. The molecule has 0 aromatic heterocycles. The van der Waals surface area contributed by atoms with E-state index in [1.54, 1.807) is 31.2 Å². The molecule has 0 fully saturated rings. The van der Waals surface area contributed by atoms with Gasteiger partial charge in [0.2, 0.25) is 0 Å². The molecule has 0 aliphatic carbocycles. The summed E-state index contributed by atoms with van der Waals surface area (Å²) in [4.78, 5) is 22.2. The van der Waals surface area contributed by atoms with Gasteiger partial charge in [0.15, 0.2) is 0 Å². The van der Waals surface area contributed by atoms with Gasteiger partial charge in [-0.15, -0.1) is 0 Å². The molecule has 0 radical (unpaired) electrons. The SMILES string of the molecule is CC(=O)OC(C)CCOC(=O)c1ccccc1. The highest BCUT2D eigenvalue weighted by Gasteiger charge is 2.09. The number of carbonyl (C=O) groups is 2. The molecule has 1 aromatic rings. The van der Waals surface area contributed by atoms with E-state index in [-0.39, 0.29) is 24.6 Å². The Morgan fingerprint density at radius 1 is 1.24 bits per heavy atom. The van der Waals surface area contributed by atoms with Gasteiger partial charge in [-0.05, 0) is 19.1 Å². The fourth-order valence-corrected chi connectivity index (χ4v) is 1.32.